The summed E-state index contributed by atoms with van der Waals surface area (Å²) in [4.78, 5) is 0.308. The minimum Gasteiger partial charge on any atom is -0.210 e. The summed E-state index contributed by atoms with van der Waals surface area (Å²) in [5, 5.41) is 0.423. The first-order valence-corrected chi connectivity index (χ1v) is 8.78. The van der Waals surface area contributed by atoms with Crippen molar-refractivity contribution in [3.05, 3.63) is 28.7 Å². The van der Waals surface area contributed by atoms with Gasteiger partial charge < -0.3 is 0 Å². The van der Waals surface area contributed by atoms with Crippen LogP contribution < -0.4 is 4.72 Å². The average Bonchev–Trinajstić information content (AvgIpc) is 2.80. The first kappa shape index (κ1) is 13.4. The highest BCUT2D eigenvalue weighted by atomic mass is 79.9. The van der Waals surface area contributed by atoms with E-state index in [2.05, 4.69) is 20.7 Å². The third-order valence-corrected chi connectivity index (χ3v) is 6.49. The Morgan fingerprint density at radius 1 is 1.41 bits per heavy atom. The van der Waals surface area contributed by atoms with E-state index in [1.807, 2.05) is 11.8 Å². The van der Waals surface area contributed by atoms with E-state index in [0.29, 0.717) is 21.2 Å². The van der Waals surface area contributed by atoms with E-state index in [1.54, 1.807) is 24.3 Å². The second-order valence-corrected chi connectivity index (χ2v) is 7.92. The molecule has 94 valence electrons. The van der Waals surface area contributed by atoms with Gasteiger partial charge in [-0.3, -0.25) is 0 Å². The standard InChI is InChI=1S/C11H14BrNO2S2/c12-10-5-1-2-6-11(10)17(14,15)13-8-9-4-3-7-16-9/h1-2,5-6,9,13H,3-4,7-8H2. The van der Waals surface area contributed by atoms with Crippen LogP contribution in [-0.4, -0.2) is 26.0 Å². The lowest BCUT2D eigenvalue weighted by Crippen LogP contribution is -2.30. The van der Waals surface area contributed by atoms with Crippen molar-refractivity contribution < 1.29 is 8.42 Å². The maximum atomic E-state index is 12.1. The molecule has 0 radical (unpaired) electrons. The summed E-state index contributed by atoms with van der Waals surface area (Å²) in [6.07, 6.45) is 2.29. The van der Waals surface area contributed by atoms with Gasteiger partial charge in [-0.25, -0.2) is 13.1 Å². The fraction of sp³-hybridized carbons (Fsp3) is 0.455. The number of nitrogens with one attached hydrogen (secondary N) is 1. The van der Waals surface area contributed by atoms with Crippen LogP contribution in [0.2, 0.25) is 0 Å². The monoisotopic (exact) mass is 335 g/mol. The Bertz CT molecular complexity index is 484. The van der Waals surface area contributed by atoms with Gasteiger partial charge in [0.25, 0.3) is 0 Å². The molecule has 0 spiro atoms. The van der Waals surface area contributed by atoms with Gasteiger partial charge >= 0.3 is 0 Å². The molecule has 6 heteroatoms. The Hall–Kier alpha value is -0.0400. The van der Waals surface area contributed by atoms with Crippen molar-refractivity contribution in [2.45, 2.75) is 23.0 Å². The summed E-state index contributed by atoms with van der Waals surface area (Å²) in [5.41, 5.74) is 0. The molecule has 17 heavy (non-hydrogen) atoms. The second-order valence-electron chi connectivity index (χ2n) is 3.92. The Kier molecular flexibility index (Phi) is 4.52. The molecule has 1 aromatic rings. The van der Waals surface area contributed by atoms with E-state index >= 15 is 0 Å². The lowest BCUT2D eigenvalue weighted by molar-refractivity contribution is 0.578. The van der Waals surface area contributed by atoms with Gasteiger partial charge in [0, 0.05) is 16.3 Å². The van der Waals surface area contributed by atoms with E-state index in [0.717, 1.165) is 12.2 Å². The van der Waals surface area contributed by atoms with Crippen molar-refractivity contribution in [1.82, 2.24) is 4.72 Å². The predicted molar refractivity (Wildman–Crippen MR) is 74.8 cm³/mol. The molecule has 1 aliphatic rings. The van der Waals surface area contributed by atoms with Crippen molar-refractivity contribution in [1.29, 1.82) is 0 Å². The SMILES string of the molecule is O=S(=O)(NCC1CCCS1)c1ccccc1Br. The molecular weight excluding hydrogens is 322 g/mol. The summed E-state index contributed by atoms with van der Waals surface area (Å²) in [6.45, 7) is 0.522. The van der Waals surface area contributed by atoms with E-state index in [9.17, 15) is 8.42 Å². The number of hydrogen-bond donors (Lipinski definition) is 1. The van der Waals surface area contributed by atoms with E-state index < -0.39 is 10.0 Å². The Morgan fingerprint density at radius 3 is 2.82 bits per heavy atom. The maximum Gasteiger partial charge on any atom is 0.241 e. The highest BCUT2D eigenvalue weighted by Gasteiger charge is 2.21. The van der Waals surface area contributed by atoms with Gasteiger partial charge in [-0.2, -0.15) is 11.8 Å². The lowest BCUT2D eigenvalue weighted by atomic mass is 10.2. The van der Waals surface area contributed by atoms with Crippen LogP contribution in [0, 0.1) is 0 Å². The molecule has 0 aromatic heterocycles. The molecule has 1 unspecified atom stereocenters. The smallest absolute Gasteiger partial charge is 0.210 e. The molecule has 1 heterocycles. The molecule has 1 N–H and O–H groups in total. The predicted octanol–water partition coefficient (Wildman–Crippen LogP) is 2.62. The molecule has 0 aliphatic carbocycles. The molecule has 2 rings (SSSR count). The van der Waals surface area contributed by atoms with Crippen molar-refractivity contribution >= 4 is 37.7 Å². The van der Waals surface area contributed by atoms with Crippen molar-refractivity contribution in [3.63, 3.8) is 0 Å². The van der Waals surface area contributed by atoms with Crippen LogP contribution in [0.3, 0.4) is 0 Å². The number of hydrogen-bond acceptors (Lipinski definition) is 3. The molecule has 1 aliphatic heterocycles. The highest BCUT2D eigenvalue weighted by Crippen LogP contribution is 2.26. The van der Waals surface area contributed by atoms with E-state index in [-0.39, 0.29) is 0 Å². The van der Waals surface area contributed by atoms with Crippen LogP contribution in [0.25, 0.3) is 0 Å². The molecule has 0 saturated carbocycles. The van der Waals surface area contributed by atoms with Gasteiger partial charge in [0.2, 0.25) is 10.0 Å². The first-order chi connectivity index (χ1) is 8.09. The van der Waals surface area contributed by atoms with E-state index in [4.69, 9.17) is 0 Å². The van der Waals surface area contributed by atoms with E-state index in [1.165, 1.54) is 6.42 Å². The van der Waals surface area contributed by atoms with Crippen molar-refractivity contribution in [2.24, 2.45) is 0 Å². The molecule has 0 bridgehead atoms. The summed E-state index contributed by atoms with van der Waals surface area (Å²) >= 11 is 5.11. The summed E-state index contributed by atoms with van der Waals surface area (Å²) < 4.78 is 27.4. The Morgan fingerprint density at radius 2 is 2.18 bits per heavy atom. The largest absolute Gasteiger partial charge is 0.241 e. The molecule has 1 aromatic carbocycles. The number of halogens is 1. The van der Waals surface area contributed by atoms with Gasteiger partial charge in [0.05, 0.1) is 4.90 Å². The summed E-state index contributed by atoms with van der Waals surface area (Å²) in [7, 11) is -3.39. The van der Waals surface area contributed by atoms with Crippen molar-refractivity contribution in [3.8, 4) is 0 Å². The summed E-state index contributed by atoms with van der Waals surface area (Å²) in [5.74, 6) is 1.14. The third kappa shape index (κ3) is 3.47. The van der Waals surface area contributed by atoms with Gasteiger partial charge in [0.1, 0.15) is 0 Å². The zero-order valence-corrected chi connectivity index (χ0v) is 12.4. The number of sulfonamides is 1. The number of benzene rings is 1. The van der Waals surface area contributed by atoms with Gasteiger partial charge in [-0.05, 0) is 46.7 Å². The maximum absolute atomic E-state index is 12.1. The van der Waals surface area contributed by atoms with Crippen LogP contribution in [0.4, 0.5) is 0 Å². The normalized spacial score (nSPS) is 20.6. The van der Waals surface area contributed by atoms with Crippen LogP contribution in [0.1, 0.15) is 12.8 Å². The summed E-state index contributed by atoms with van der Waals surface area (Å²) in [6, 6.07) is 6.87. The van der Waals surface area contributed by atoms with Crippen LogP contribution in [-0.2, 0) is 10.0 Å². The minimum atomic E-state index is -3.39. The molecule has 0 amide bonds. The van der Waals surface area contributed by atoms with Crippen LogP contribution in [0.5, 0.6) is 0 Å². The van der Waals surface area contributed by atoms with Gasteiger partial charge in [-0.15, -0.1) is 0 Å². The topological polar surface area (TPSA) is 46.2 Å². The molecule has 1 atom stereocenters. The number of thioether (sulfide) groups is 1. The van der Waals surface area contributed by atoms with Crippen molar-refractivity contribution in [2.75, 3.05) is 12.3 Å². The minimum absolute atomic E-state index is 0.308. The van der Waals surface area contributed by atoms with Gasteiger partial charge in [0.15, 0.2) is 0 Å². The fourth-order valence-electron chi connectivity index (χ4n) is 1.75. The second kappa shape index (κ2) is 5.73. The molecule has 1 fully saturated rings. The van der Waals surface area contributed by atoms with Gasteiger partial charge in [-0.1, -0.05) is 12.1 Å². The quantitative estimate of drug-likeness (QED) is 0.919. The highest BCUT2D eigenvalue weighted by molar-refractivity contribution is 9.10. The Balaban J connectivity index is 2.06. The number of rotatable bonds is 4. The van der Waals surface area contributed by atoms with Crippen LogP contribution >= 0.6 is 27.7 Å². The molecule has 3 nitrogen and oxygen atoms in total. The zero-order chi connectivity index (χ0) is 12.3. The first-order valence-electron chi connectivity index (χ1n) is 5.45. The Labute approximate surface area is 115 Å². The van der Waals surface area contributed by atoms with Crippen LogP contribution in [0.15, 0.2) is 33.6 Å². The zero-order valence-electron chi connectivity index (χ0n) is 9.23. The lowest BCUT2D eigenvalue weighted by Gasteiger charge is -2.11. The third-order valence-electron chi connectivity index (χ3n) is 2.65. The average molecular weight is 336 g/mol. The fourth-order valence-corrected chi connectivity index (χ4v) is 5.14. The molecular formula is C11H14BrNO2S2. The molecule has 1 saturated heterocycles.